The molecule has 0 bridgehead atoms. The van der Waals surface area contributed by atoms with E-state index in [0.29, 0.717) is 11.1 Å². The van der Waals surface area contributed by atoms with Crippen LogP contribution in [0.4, 0.5) is 4.39 Å². The zero-order chi connectivity index (χ0) is 17.0. The molecule has 0 heterocycles. The van der Waals surface area contributed by atoms with Crippen molar-refractivity contribution in [1.82, 2.24) is 4.72 Å². The summed E-state index contributed by atoms with van der Waals surface area (Å²) < 4.78 is 39.9. The minimum Gasteiger partial charge on any atom is -0.388 e. The van der Waals surface area contributed by atoms with Crippen molar-refractivity contribution in [1.29, 1.82) is 0 Å². The van der Waals surface area contributed by atoms with Crippen LogP contribution in [0.5, 0.6) is 0 Å². The fraction of sp³-hybridized carbons (Fsp3) is 0.294. The third-order valence-electron chi connectivity index (χ3n) is 3.58. The third-order valence-corrected chi connectivity index (χ3v) is 5.21. The molecule has 0 saturated carbocycles. The van der Waals surface area contributed by atoms with Gasteiger partial charge in [-0.05, 0) is 49.6 Å². The fourth-order valence-corrected chi connectivity index (χ4v) is 3.63. The van der Waals surface area contributed by atoms with Gasteiger partial charge in [-0.1, -0.05) is 29.8 Å². The van der Waals surface area contributed by atoms with Gasteiger partial charge in [0.1, 0.15) is 5.82 Å². The summed E-state index contributed by atoms with van der Waals surface area (Å²) in [5.74, 6) is -0.378. The maximum Gasteiger partial charge on any atom is 0.240 e. The summed E-state index contributed by atoms with van der Waals surface area (Å²) in [4.78, 5) is 0.236. The Kier molecular flexibility index (Phi) is 5.51. The highest BCUT2D eigenvalue weighted by Gasteiger charge is 2.17. The molecule has 0 fully saturated rings. The molecular weight excluding hydrogens is 317 g/mol. The molecule has 0 spiro atoms. The molecule has 0 saturated heterocycles. The fourth-order valence-electron chi connectivity index (χ4n) is 2.36. The van der Waals surface area contributed by atoms with E-state index >= 15 is 0 Å². The summed E-state index contributed by atoms with van der Waals surface area (Å²) in [6, 6.07) is 10.6. The Hall–Kier alpha value is -1.76. The number of aliphatic hydroxyl groups is 1. The van der Waals surface area contributed by atoms with Crippen LogP contribution in [0.15, 0.2) is 47.4 Å². The Morgan fingerprint density at radius 3 is 2.39 bits per heavy atom. The van der Waals surface area contributed by atoms with Crippen LogP contribution in [0.1, 0.15) is 29.2 Å². The molecular formula is C17H20FNO3S. The van der Waals surface area contributed by atoms with Crippen LogP contribution in [-0.4, -0.2) is 20.1 Å². The Labute approximate surface area is 136 Å². The van der Waals surface area contributed by atoms with Crippen LogP contribution in [0.3, 0.4) is 0 Å². The van der Waals surface area contributed by atoms with Crippen LogP contribution >= 0.6 is 0 Å². The first kappa shape index (κ1) is 17.6. The average molecular weight is 337 g/mol. The van der Waals surface area contributed by atoms with E-state index in [0.717, 1.165) is 5.56 Å². The predicted octanol–water partition coefficient (Wildman–Crippen LogP) is 2.84. The van der Waals surface area contributed by atoms with Crippen LogP contribution < -0.4 is 4.72 Å². The minimum atomic E-state index is -3.61. The number of benzene rings is 2. The summed E-state index contributed by atoms with van der Waals surface area (Å²) in [5, 5.41) is 10.0. The van der Waals surface area contributed by atoms with E-state index in [1.54, 1.807) is 19.1 Å². The molecule has 0 radical (unpaired) electrons. The largest absolute Gasteiger partial charge is 0.388 e. The van der Waals surface area contributed by atoms with Gasteiger partial charge in [-0.15, -0.1) is 0 Å². The van der Waals surface area contributed by atoms with Gasteiger partial charge in [-0.25, -0.2) is 17.5 Å². The van der Waals surface area contributed by atoms with E-state index in [1.165, 1.54) is 24.3 Å². The zero-order valence-corrected chi connectivity index (χ0v) is 13.9. The molecule has 0 aliphatic heterocycles. The SMILES string of the molecule is Cc1ccc(S(=O)(=O)NCCC(O)c2ccc(F)cc2)c(C)c1. The van der Waals surface area contributed by atoms with Crippen molar-refractivity contribution >= 4 is 10.0 Å². The topological polar surface area (TPSA) is 66.4 Å². The smallest absolute Gasteiger partial charge is 0.240 e. The highest BCUT2D eigenvalue weighted by molar-refractivity contribution is 7.89. The molecule has 6 heteroatoms. The summed E-state index contributed by atoms with van der Waals surface area (Å²) in [7, 11) is -3.61. The van der Waals surface area contributed by atoms with Crippen LogP contribution in [0.2, 0.25) is 0 Å². The van der Waals surface area contributed by atoms with Gasteiger partial charge in [0.2, 0.25) is 10.0 Å². The first-order chi connectivity index (χ1) is 10.8. The van der Waals surface area contributed by atoms with Crippen molar-refractivity contribution in [2.45, 2.75) is 31.3 Å². The van der Waals surface area contributed by atoms with Gasteiger partial charge in [0.15, 0.2) is 0 Å². The van der Waals surface area contributed by atoms with E-state index in [2.05, 4.69) is 4.72 Å². The maximum absolute atomic E-state index is 12.8. The molecule has 0 aromatic heterocycles. The molecule has 4 nitrogen and oxygen atoms in total. The Balaban J connectivity index is 1.98. The number of nitrogens with one attached hydrogen (secondary N) is 1. The van der Waals surface area contributed by atoms with Gasteiger partial charge in [0, 0.05) is 6.54 Å². The molecule has 124 valence electrons. The maximum atomic E-state index is 12.8. The van der Waals surface area contributed by atoms with Crippen LogP contribution in [-0.2, 0) is 10.0 Å². The lowest BCUT2D eigenvalue weighted by Crippen LogP contribution is -2.26. The molecule has 0 aliphatic rings. The Morgan fingerprint density at radius 1 is 1.13 bits per heavy atom. The summed E-state index contributed by atoms with van der Waals surface area (Å²) >= 11 is 0. The average Bonchev–Trinajstić information content (AvgIpc) is 2.47. The van der Waals surface area contributed by atoms with Crippen molar-refractivity contribution in [2.24, 2.45) is 0 Å². The number of hydrogen-bond donors (Lipinski definition) is 2. The molecule has 2 rings (SSSR count). The first-order valence-corrected chi connectivity index (χ1v) is 8.78. The van der Waals surface area contributed by atoms with Crippen molar-refractivity contribution in [3.8, 4) is 0 Å². The van der Waals surface area contributed by atoms with Crippen molar-refractivity contribution in [3.05, 3.63) is 65.0 Å². The number of sulfonamides is 1. The number of halogens is 1. The Bertz CT molecular complexity index is 773. The standard InChI is InChI=1S/C17H20FNO3S/c1-12-3-8-17(13(2)11-12)23(21,22)19-10-9-16(20)14-4-6-15(18)7-5-14/h3-8,11,16,19-20H,9-10H2,1-2H3. The molecule has 2 aromatic carbocycles. The lowest BCUT2D eigenvalue weighted by Gasteiger charge is -2.13. The first-order valence-electron chi connectivity index (χ1n) is 7.30. The van der Waals surface area contributed by atoms with Crippen molar-refractivity contribution < 1.29 is 17.9 Å². The van der Waals surface area contributed by atoms with Crippen LogP contribution in [0, 0.1) is 19.7 Å². The Morgan fingerprint density at radius 2 is 1.78 bits per heavy atom. The zero-order valence-electron chi connectivity index (χ0n) is 13.1. The molecule has 1 atom stereocenters. The van der Waals surface area contributed by atoms with Gasteiger partial charge in [0.25, 0.3) is 0 Å². The van der Waals surface area contributed by atoms with E-state index < -0.39 is 16.1 Å². The number of aryl methyl sites for hydroxylation is 2. The predicted molar refractivity (Wildman–Crippen MR) is 87.1 cm³/mol. The molecule has 2 N–H and O–H groups in total. The quantitative estimate of drug-likeness (QED) is 0.852. The van der Waals surface area contributed by atoms with E-state index in [4.69, 9.17) is 0 Å². The normalized spacial score (nSPS) is 13.0. The summed E-state index contributed by atoms with van der Waals surface area (Å²) in [6.45, 7) is 3.74. The second kappa shape index (κ2) is 7.21. The van der Waals surface area contributed by atoms with Crippen LogP contribution in [0.25, 0.3) is 0 Å². The van der Waals surface area contributed by atoms with Gasteiger partial charge in [-0.2, -0.15) is 0 Å². The second-order valence-electron chi connectivity index (χ2n) is 5.52. The van der Waals surface area contributed by atoms with Gasteiger partial charge in [-0.3, -0.25) is 0 Å². The van der Waals surface area contributed by atoms with Crippen molar-refractivity contribution in [2.75, 3.05) is 6.54 Å². The summed E-state index contributed by atoms with van der Waals surface area (Å²) in [6.07, 6.45) is -0.645. The lowest BCUT2D eigenvalue weighted by molar-refractivity contribution is 0.169. The highest BCUT2D eigenvalue weighted by atomic mass is 32.2. The highest BCUT2D eigenvalue weighted by Crippen LogP contribution is 2.18. The number of rotatable bonds is 6. The molecule has 0 aliphatic carbocycles. The molecule has 0 amide bonds. The van der Waals surface area contributed by atoms with E-state index in [9.17, 15) is 17.9 Å². The monoisotopic (exact) mass is 337 g/mol. The number of aliphatic hydroxyl groups excluding tert-OH is 1. The van der Waals surface area contributed by atoms with Gasteiger partial charge >= 0.3 is 0 Å². The molecule has 1 unspecified atom stereocenters. The lowest BCUT2D eigenvalue weighted by atomic mass is 10.1. The third kappa shape index (κ3) is 4.60. The minimum absolute atomic E-state index is 0.0915. The summed E-state index contributed by atoms with van der Waals surface area (Å²) in [5.41, 5.74) is 2.22. The second-order valence-corrected chi connectivity index (χ2v) is 7.26. The molecule has 2 aromatic rings. The van der Waals surface area contributed by atoms with Crippen molar-refractivity contribution in [3.63, 3.8) is 0 Å². The van der Waals surface area contributed by atoms with E-state index in [1.807, 2.05) is 13.0 Å². The van der Waals surface area contributed by atoms with Gasteiger partial charge < -0.3 is 5.11 Å². The van der Waals surface area contributed by atoms with E-state index in [-0.39, 0.29) is 23.7 Å². The van der Waals surface area contributed by atoms with Gasteiger partial charge in [0.05, 0.1) is 11.0 Å². The molecule has 23 heavy (non-hydrogen) atoms. The number of hydrogen-bond acceptors (Lipinski definition) is 3.